The Hall–Kier alpha value is -5.08. The topological polar surface area (TPSA) is 155 Å². The van der Waals surface area contributed by atoms with E-state index in [1.54, 1.807) is 12.1 Å². The molecule has 5 unspecified atom stereocenters. The van der Waals surface area contributed by atoms with Crippen molar-refractivity contribution >= 4 is 41.3 Å². The van der Waals surface area contributed by atoms with Crippen LogP contribution in [0.15, 0.2) is 48.5 Å². The minimum Gasteiger partial charge on any atom is -0.507 e. The molecule has 6 aliphatic rings. The van der Waals surface area contributed by atoms with Crippen LogP contribution in [0.25, 0.3) is 11.3 Å². The molecule has 56 heavy (non-hydrogen) atoms. The quantitative estimate of drug-likeness (QED) is 0.194. The van der Waals surface area contributed by atoms with Gasteiger partial charge in [0.05, 0.1) is 28.6 Å². The number of aromatic hydroxyl groups is 1. The average Bonchev–Trinajstić information content (AvgIpc) is 3.87. The van der Waals surface area contributed by atoms with Gasteiger partial charge >= 0.3 is 0 Å². The molecule has 5 atom stereocenters. The number of para-hydroxylation sites is 1. The summed E-state index contributed by atoms with van der Waals surface area (Å²) in [4.78, 5) is 61.5. The van der Waals surface area contributed by atoms with Crippen molar-refractivity contribution in [3.05, 3.63) is 59.7 Å². The molecule has 1 saturated carbocycles. The van der Waals surface area contributed by atoms with Crippen molar-refractivity contribution in [2.45, 2.75) is 63.6 Å². The van der Waals surface area contributed by atoms with Crippen molar-refractivity contribution < 1.29 is 24.3 Å². The number of nitrogens with zero attached hydrogens (tertiary/aromatic N) is 7. The van der Waals surface area contributed by atoms with Gasteiger partial charge in [0.1, 0.15) is 11.8 Å². The van der Waals surface area contributed by atoms with Crippen LogP contribution in [0.2, 0.25) is 0 Å². The fourth-order valence-electron chi connectivity index (χ4n) is 10.5. The smallest absolute Gasteiger partial charge is 0.262 e. The summed E-state index contributed by atoms with van der Waals surface area (Å²) in [6.07, 6.45) is 5.92. The van der Waals surface area contributed by atoms with Crippen molar-refractivity contribution in [2.24, 2.45) is 17.8 Å². The van der Waals surface area contributed by atoms with E-state index in [-0.39, 0.29) is 12.2 Å². The summed E-state index contributed by atoms with van der Waals surface area (Å²) >= 11 is 0. The van der Waals surface area contributed by atoms with E-state index in [9.17, 15) is 24.3 Å². The second-order valence-electron chi connectivity index (χ2n) is 16.6. The molecular weight excluding hydrogens is 711 g/mol. The summed E-state index contributed by atoms with van der Waals surface area (Å²) in [5, 5.41) is 24.9. The number of aromatic nitrogens is 2. The molecule has 3 aromatic rings. The van der Waals surface area contributed by atoms with Gasteiger partial charge in [-0.05, 0) is 86.3 Å². The Morgan fingerprint density at radius 1 is 0.946 bits per heavy atom. The molecule has 3 N–H and O–H groups in total. The Balaban J connectivity index is 0.753. The zero-order valence-electron chi connectivity index (χ0n) is 32.0. The lowest BCUT2D eigenvalue weighted by Gasteiger charge is -2.47. The van der Waals surface area contributed by atoms with Crippen LogP contribution in [-0.4, -0.2) is 131 Å². The molecule has 0 spiro atoms. The van der Waals surface area contributed by atoms with Crippen molar-refractivity contribution in [1.82, 2.24) is 30.2 Å². The van der Waals surface area contributed by atoms with Crippen LogP contribution in [0.3, 0.4) is 0 Å². The van der Waals surface area contributed by atoms with E-state index in [0.717, 1.165) is 92.6 Å². The first kappa shape index (κ1) is 36.6. The number of piperazine rings is 1. The van der Waals surface area contributed by atoms with E-state index in [4.69, 9.17) is 0 Å². The maximum Gasteiger partial charge on any atom is 0.262 e. The van der Waals surface area contributed by atoms with Gasteiger partial charge in [0.15, 0.2) is 5.82 Å². The molecule has 4 amide bonds. The molecule has 294 valence electrons. The second kappa shape index (κ2) is 15.1. The van der Waals surface area contributed by atoms with E-state index in [2.05, 4.69) is 46.5 Å². The molecule has 5 aliphatic heterocycles. The van der Waals surface area contributed by atoms with Crippen LogP contribution in [0, 0.1) is 17.8 Å². The third-order valence-electron chi connectivity index (χ3n) is 13.4. The number of amides is 4. The largest absolute Gasteiger partial charge is 0.507 e. The molecule has 0 radical (unpaired) electrons. The summed E-state index contributed by atoms with van der Waals surface area (Å²) in [7, 11) is 0. The first-order chi connectivity index (χ1) is 27.3. The van der Waals surface area contributed by atoms with E-state index >= 15 is 0 Å². The van der Waals surface area contributed by atoms with E-state index < -0.39 is 23.8 Å². The summed E-state index contributed by atoms with van der Waals surface area (Å²) in [5.41, 5.74) is 4.03. The third kappa shape index (κ3) is 6.66. The van der Waals surface area contributed by atoms with E-state index in [1.807, 2.05) is 37.3 Å². The monoisotopic (exact) mass is 761 g/mol. The van der Waals surface area contributed by atoms with Crippen molar-refractivity contribution in [2.75, 3.05) is 74.0 Å². The fraction of sp³-hybridized carbons (Fsp3) is 0.524. The standard InChI is InChI=1S/C42H51N9O5/c1-2-5-36(40(54)44-25-52)51-41(55)32-9-8-29(18-34(32)42(51)56)48-12-10-26(11-13-48)21-49-23-28-17-30(49)16-27(28)22-47-14-15-50-31(24-47)20-43-39-37(50)19-35(45-46-39)33-6-3-4-7-38(33)53/h3-4,6-9,18-19,25-28,30-31,36,53H,2,5,10-17,20-24H2,1H3,(H,43,46)(H,44,52,54). The number of rotatable bonds is 11. The summed E-state index contributed by atoms with van der Waals surface area (Å²) < 4.78 is 0. The van der Waals surface area contributed by atoms with Gasteiger partial charge in [0, 0.05) is 76.2 Å². The number of phenols is 1. The van der Waals surface area contributed by atoms with Crippen LogP contribution >= 0.6 is 0 Å². The Bertz CT molecular complexity index is 2020. The number of hydrogen-bond donors (Lipinski definition) is 3. The Kier molecular flexibility index (Phi) is 9.86. The number of phenolic OH excluding ortho intramolecular Hbond substituents is 1. The number of nitrogens with one attached hydrogen (secondary N) is 2. The van der Waals surface area contributed by atoms with Crippen molar-refractivity contribution in [3.8, 4) is 17.0 Å². The van der Waals surface area contributed by atoms with E-state index in [1.165, 1.54) is 25.9 Å². The Morgan fingerprint density at radius 2 is 1.77 bits per heavy atom. The van der Waals surface area contributed by atoms with Gasteiger partial charge in [0.25, 0.3) is 11.8 Å². The predicted molar refractivity (Wildman–Crippen MR) is 212 cm³/mol. The number of carbonyl (C=O) groups excluding carboxylic acids is 4. The number of anilines is 3. The van der Waals surface area contributed by atoms with Crippen molar-refractivity contribution in [3.63, 3.8) is 0 Å². The summed E-state index contributed by atoms with van der Waals surface area (Å²) in [6.45, 7) is 11.0. The molecule has 6 heterocycles. The molecule has 14 heteroatoms. The minimum atomic E-state index is -1.01. The van der Waals surface area contributed by atoms with Gasteiger partial charge in [-0.2, -0.15) is 0 Å². The number of benzene rings is 2. The highest BCUT2D eigenvalue weighted by molar-refractivity contribution is 6.23. The lowest BCUT2D eigenvalue weighted by atomic mass is 9.91. The van der Waals surface area contributed by atoms with Crippen LogP contribution in [-0.2, 0) is 9.59 Å². The highest BCUT2D eigenvalue weighted by Crippen LogP contribution is 2.44. The number of piperidine rings is 2. The highest BCUT2D eigenvalue weighted by Gasteiger charge is 2.47. The molecule has 9 rings (SSSR count). The maximum absolute atomic E-state index is 13.5. The normalized spacial score (nSPS) is 25.5. The van der Waals surface area contributed by atoms with Gasteiger partial charge < -0.3 is 20.2 Å². The summed E-state index contributed by atoms with van der Waals surface area (Å²) in [5.74, 6) is 1.57. The maximum atomic E-state index is 13.5. The molecule has 2 bridgehead atoms. The molecule has 1 aromatic heterocycles. The molecule has 4 fully saturated rings. The Labute approximate surface area is 327 Å². The molecular formula is C42H51N9O5. The molecule has 3 saturated heterocycles. The van der Waals surface area contributed by atoms with Crippen LogP contribution in [0.5, 0.6) is 5.75 Å². The van der Waals surface area contributed by atoms with Gasteiger partial charge in [-0.1, -0.05) is 25.5 Å². The zero-order valence-corrected chi connectivity index (χ0v) is 32.0. The number of likely N-dealkylation sites (tertiary alicyclic amines) is 1. The molecule has 2 aromatic carbocycles. The number of imide groups is 2. The molecule has 14 nitrogen and oxygen atoms in total. The first-order valence-electron chi connectivity index (χ1n) is 20.4. The average molecular weight is 762 g/mol. The Morgan fingerprint density at radius 3 is 2.54 bits per heavy atom. The summed E-state index contributed by atoms with van der Waals surface area (Å²) in [6, 6.07) is 14.8. The third-order valence-corrected chi connectivity index (χ3v) is 13.4. The fourth-order valence-corrected chi connectivity index (χ4v) is 10.5. The number of carbonyl (C=O) groups is 4. The lowest BCUT2D eigenvalue weighted by molar-refractivity contribution is -0.128. The van der Waals surface area contributed by atoms with Gasteiger partial charge in [0.2, 0.25) is 12.3 Å². The SMILES string of the molecule is CCCC(C(=O)NC=O)N1C(=O)c2ccc(N3CCC(CN4CC5CC4CC5CN4CCN5c6cc(-c7ccccc7O)nnc6NCC5C4)CC3)cc2C1=O. The number of hydrogen-bond acceptors (Lipinski definition) is 12. The van der Waals surface area contributed by atoms with Gasteiger partial charge in [-0.15, -0.1) is 10.2 Å². The van der Waals surface area contributed by atoms with Crippen LogP contribution < -0.4 is 20.4 Å². The minimum absolute atomic E-state index is 0.213. The van der Waals surface area contributed by atoms with Crippen LogP contribution in [0.1, 0.15) is 66.2 Å². The second-order valence-corrected chi connectivity index (χ2v) is 16.6. The highest BCUT2D eigenvalue weighted by atomic mass is 16.3. The van der Waals surface area contributed by atoms with Gasteiger partial charge in [-0.3, -0.25) is 39.2 Å². The predicted octanol–water partition coefficient (Wildman–Crippen LogP) is 3.43. The van der Waals surface area contributed by atoms with Crippen molar-refractivity contribution in [1.29, 1.82) is 0 Å². The lowest BCUT2D eigenvalue weighted by Crippen LogP contribution is -2.58. The van der Waals surface area contributed by atoms with Gasteiger partial charge in [-0.25, -0.2) is 0 Å². The molecule has 1 aliphatic carbocycles. The van der Waals surface area contributed by atoms with Crippen LogP contribution in [0.4, 0.5) is 17.2 Å². The first-order valence-corrected chi connectivity index (χ1v) is 20.4. The number of fused-ring (bicyclic) bond motifs is 6. The van der Waals surface area contributed by atoms with E-state index in [0.29, 0.717) is 53.2 Å². The zero-order chi connectivity index (χ0) is 38.5.